The molecule has 2 heterocycles. The van der Waals surface area contributed by atoms with Crippen molar-refractivity contribution in [3.63, 3.8) is 0 Å². The Morgan fingerprint density at radius 3 is 2.61 bits per heavy atom. The Balaban J connectivity index is 2.01. The predicted molar refractivity (Wildman–Crippen MR) is 90.6 cm³/mol. The molecule has 0 atom stereocenters. The number of fused-ring (bicyclic) bond motifs is 1. The van der Waals surface area contributed by atoms with Crippen LogP contribution in [-0.4, -0.2) is 15.8 Å². The van der Waals surface area contributed by atoms with E-state index in [1.807, 2.05) is 6.07 Å². The lowest BCUT2D eigenvalue weighted by atomic mass is 10.1. The Kier molecular flexibility index (Phi) is 3.86. The second-order valence-electron chi connectivity index (χ2n) is 4.74. The van der Waals surface area contributed by atoms with Gasteiger partial charge >= 0.3 is 0 Å². The number of rotatable bonds is 3. The molecule has 0 spiro atoms. The van der Waals surface area contributed by atoms with E-state index in [2.05, 4.69) is 20.2 Å². The second-order valence-corrected chi connectivity index (χ2v) is 5.18. The average Bonchev–Trinajstić information content (AvgIpc) is 2.54. The molecule has 1 aromatic carbocycles. The quantitative estimate of drug-likeness (QED) is 0.386. The Hall–Kier alpha value is -3.06. The predicted octanol–water partition coefficient (Wildman–Crippen LogP) is 3.56. The van der Waals surface area contributed by atoms with Crippen LogP contribution in [0, 0.1) is 5.41 Å². The molecule has 0 fully saturated rings. The molecule has 0 saturated carbocycles. The van der Waals surface area contributed by atoms with Gasteiger partial charge in [-0.2, -0.15) is 0 Å². The van der Waals surface area contributed by atoms with Crippen LogP contribution in [-0.2, 0) is 0 Å². The van der Waals surface area contributed by atoms with Crippen molar-refractivity contribution in [2.45, 2.75) is 0 Å². The summed E-state index contributed by atoms with van der Waals surface area (Å²) >= 11 is 6.03. The van der Waals surface area contributed by atoms with Gasteiger partial charge in [0.05, 0.1) is 6.20 Å². The topological polar surface area (TPSA) is 126 Å². The lowest BCUT2D eigenvalue weighted by Crippen LogP contribution is -2.12. The molecule has 0 bridgehead atoms. The highest BCUT2D eigenvalue weighted by Crippen LogP contribution is 2.33. The van der Waals surface area contributed by atoms with Crippen LogP contribution in [0.2, 0.25) is 5.02 Å². The summed E-state index contributed by atoms with van der Waals surface area (Å²) in [5.41, 5.74) is 12.6. The highest BCUT2D eigenvalue weighted by Gasteiger charge is 2.07. The van der Waals surface area contributed by atoms with Crippen LogP contribution >= 0.6 is 11.6 Å². The lowest BCUT2D eigenvalue weighted by Gasteiger charge is -2.04. The maximum Gasteiger partial charge on any atom is 0.151 e. The van der Waals surface area contributed by atoms with Crippen LogP contribution in [0.5, 0.6) is 0 Å². The first kappa shape index (κ1) is 14.9. The van der Waals surface area contributed by atoms with E-state index in [1.165, 1.54) is 6.20 Å². The van der Waals surface area contributed by atoms with Gasteiger partial charge in [0, 0.05) is 22.0 Å². The molecule has 0 unspecified atom stereocenters. The van der Waals surface area contributed by atoms with E-state index in [0.717, 1.165) is 10.8 Å². The number of hydrogen-bond acceptors (Lipinski definition) is 6. The Bertz CT molecular complexity index is 914. The van der Waals surface area contributed by atoms with Gasteiger partial charge in [0.2, 0.25) is 0 Å². The smallest absolute Gasteiger partial charge is 0.151 e. The third-order valence-corrected chi connectivity index (χ3v) is 3.38. The van der Waals surface area contributed by atoms with Crippen LogP contribution in [0.25, 0.3) is 10.8 Å². The van der Waals surface area contributed by atoms with Crippen LogP contribution in [0.4, 0.5) is 17.2 Å². The van der Waals surface area contributed by atoms with E-state index in [4.69, 9.17) is 28.5 Å². The van der Waals surface area contributed by atoms with E-state index >= 15 is 0 Å². The molecule has 2 aromatic heterocycles. The average molecular weight is 326 g/mol. The molecule has 7 nitrogen and oxygen atoms in total. The summed E-state index contributed by atoms with van der Waals surface area (Å²) in [6, 6.07) is 8.63. The number of pyridine rings is 2. The number of azo groups is 1. The molecule has 0 aliphatic rings. The first-order valence-electron chi connectivity index (χ1n) is 6.60. The summed E-state index contributed by atoms with van der Waals surface area (Å²) in [6.07, 6.45) is 3.13. The van der Waals surface area contributed by atoms with Crippen molar-refractivity contribution >= 4 is 45.4 Å². The normalized spacial score (nSPS) is 11.2. The number of nitrogen functional groups attached to an aromatic ring is 2. The number of nitrogens with zero attached hydrogens (tertiary/aromatic N) is 4. The standard InChI is InChI=1S/C15H12ClN7/c16-9-2-1-8-6-21-15(19)13(11(8)5-9)23-22-10-3-4-12(14(17)18)20-7-10/h1-7H,(H3,17,18)(H2,19,21)/b23-22+. The molecule has 0 radical (unpaired) electrons. The SMILES string of the molecule is N=C(N)c1ccc(/N=N/c2c(N)ncc3ccc(Cl)cc23)cn1. The zero-order valence-corrected chi connectivity index (χ0v) is 12.6. The van der Waals surface area contributed by atoms with E-state index in [-0.39, 0.29) is 11.7 Å². The number of halogens is 1. The number of nitrogens with two attached hydrogens (primary N) is 2. The third-order valence-electron chi connectivity index (χ3n) is 3.15. The summed E-state index contributed by atoms with van der Waals surface area (Å²) in [4.78, 5) is 8.13. The zero-order valence-electron chi connectivity index (χ0n) is 11.9. The molecular weight excluding hydrogens is 314 g/mol. The fraction of sp³-hybridized carbons (Fsp3) is 0. The summed E-state index contributed by atoms with van der Waals surface area (Å²) in [7, 11) is 0. The van der Waals surface area contributed by atoms with E-state index in [1.54, 1.807) is 30.5 Å². The number of hydrogen-bond donors (Lipinski definition) is 3. The fourth-order valence-corrected chi connectivity index (χ4v) is 2.17. The number of aromatic nitrogens is 2. The molecular formula is C15H12ClN7. The van der Waals surface area contributed by atoms with Gasteiger partial charge in [0.15, 0.2) is 5.82 Å². The van der Waals surface area contributed by atoms with Crippen LogP contribution < -0.4 is 11.5 Å². The molecule has 8 heteroatoms. The zero-order chi connectivity index (χ0) is 16.4. The van der Waals surface area contributed by atoms with Crippen LogP contribution in [0.1, 0.15) is 5.69 Å². The Morgan fingerprint density at radius 2 is 1.91 bits per heavy atom. The van der Waals surface area contributed by atoms with Crippen molar-refractivity contribution in [2.24, 2.45) is 16.0 Å². The van der Waals surface area contributed by atoms with Gasteiger partial charge in [-0.15, -0.1) is 10.2 Å². The number of anilines is 1. The highest BCUT2D eigenvalue weighted by atomic mass is 35.5. The molecule has 0 amide bonds. The van der Waals surface area contributed by atoms with E-state index in [0.29, 0.717) is 22.1 Å². The van der Waals surface area contributed by atoms with E-state index < -0.39 is 0 Å². The number of benzene rings is 1. The third kappa shape index (κ3) is 3.09. The first-order valence-corrected chi connectivity index (χ1v) is 6.98. The molecule has 0 saturated heterocycles. The fourth-order valence-electron chi connectivity index (χ4n) is 2.00. The summed E-state index contributed by atoms with van der Waals surface area (Å²) in [5.74, 6) is 0.155. The molecule has 3 aromatic rings. The molecule has 0 aliphatic carbocycles. The highest BCUT2D eigenvalue weighted by molar-refractivity contribution is 6.31. The van der Waals surface area contributed by atoms with Crippen molar-refractivity contribution in [3.05, 3.63) is 53.4 Å². The minimum absolute atomic E-state index is 0.106. The number of amidine groups is 1. The van der Waals surface area contributed by atoms with Gasteiger partial charge in [-0.3, -0.25) is 10.4 Å². The molecule has 23 heavy (non-hydrogen) atoms. The van der Waals surface area contributed by atoms with Crippen LogP contribution in [0.3, 0.4) is 0 Å². The maximum atomic E-state index is 7.30. The summed E-state index contributed by atoms with van der Waals surface area (Å²) in [6.45, 7) is 0. The second kappa shape index (κ2) is 5.98. The Morgan fingerprint density at radius 1 is 1.09 bits per heavy atom. The minimum atomic E-state index is -0.106. The van der Waals surface area contributed by atoms with Gasteiger partial charge in [-0.1, -0.05) is 17.7 Å². The maximum absolute atomic E-state index is 7.30. The Labute approximate surface area is 136 Å². The monoisotopic (exact) mass is 325 g/mol. The van der Waals surface area contributed by atoms with Gasteiger partial charge in [-0.25, -0.2) is 4.98 Å². The summed E-state index contributed by atoms with van der Waals surface area (Å²) in [5, 5.41) is 17.8. The van der Waals surface area contributed by atoms with Crippen molar-refractivity contribution < 1.29 is 0 Å². The molecule has 114 valence electrons. The van der Waals surface area contributed by atoms with Crippen LogP contribution in [0.15, 0.2) is 53.0 Å². The van der Waals surface area contributed by atoms with Crippen molar-refractivity contribution in [3.8, 4) is 0 Å². The number of nitrogens with one attached hydrogen (secondary N) is 1. The first-order chi connectivity index (χ1) is 11.0. The molecule has 0 aliphatic heterocycles. The molecule has 5 N–H and O–H groups in total. The minimum Gasteiger partial charge on any atom is -0.382 e. The van der Waals surface area contributed by atoms with Crippen molar-refractivity contribution in [1.82, 2.24) is 9.97 Å². The largest absolute Gasteiger partial charge is 0.382 e. The summed E-state index contributed by atoms with van der Waals surface area (Å²) < 4.78 is 0. The van der Waals surface area contributed by atoms with Gasteiger partial charge < -0.3 is 11.5 Å². The van der Waals surface area contributed by atoms with Gasteiger partial charge in [0.1, 0.15) is 22.9 Å². The molecule has 3 rings (SSSR count). The lowest BCUT2D eigenvalue weighted by molar-refractivity contribution is 1.18. The van der Waals surface area contributed by atoms with Gasteiger partial charge in [-0.05, 0) is 24.3 Å². The van der Waals surface area contributed by atoms with E-state index in [9.17, 15) is 0 Å². The van der Waals surface area contributed by atoms with Gasteiger partial charge in [0.25, 0.3) is 0 Å². The van der Waals surface area contributed by atoms with Crippen molar-refractivity contribution in [1.29, 1.82) is 5.41 Å². The van der Waals surface area contributed by atoms with Crippen molar-refractivity contribution in [2.75, 3.05) is 5.73 Å².